The SMILES string of the molecule is CCOC(=O)C(=CNc1ccccc1N1CCOCC1)C(=O)c1cc(Cl)cnc1Cl. The molecule has 2 heterocycles. The van der Waals surface area contributed by atoms with Crippen molar-refractivity contribution in [3.8, 4) is 0 Å². The number of hydrogen-bond donors (Lipinski definition) is 1. The summed E-state index contributed by atoms with van der Waals surface area (Å²) in [5.41, 5.74) is 1.49. The van der Waals surface area contributed by atoms with Crippen molar-refractivity contribution in [3.05, 3.63) is 64.0 Å². The molecule has 1 fully saturated rings. The Morgan fingerprint density at radius 2 is 2.00 bits per heavy atom. The normalized spacial score (nSPS) is 14.4. The summed E-state index contributed by atoms with van der Waals surface area (Å²) in [5, 5.41) is 3.26. The molecule has 0 saturated carbocycles. The number of ketones is 1. The molecular formula is C21H21Cl2N3O4. The Morgan fingerprint density at radius 3 is 2.73 bits per heavy atom. The molecule has 7 nitrogen and oxygen atoms in total. The Kier molecular flexibility index (Phi) is 7.68. The zero-order valence-corrected chi connectivity index (χ0v) is 17.9. The van der Waals surface area contributed by atoms with E-state index in [4.69, 9.17) is 32.7 Å². The minimum Gasteiger partial charge on any atom is -0.462 e. The third kappa shape index (κ3) is 5.30. The Labute approximate surface area is 184 Å². The van der Waals surface area contributed by atoms with Gasteiger partial charge in [0.15, 0.2) is 0 Å². The van der Waals surface area contributed by atoms with E-state index in [1.807, 2.05) is 24.3 Å². The lowest BCUT2D eigenvalue weighted by Crippen LogP contribution is -2.36. The first-order valence-electron chi connectivity index (χ1n) is 9.42. The van der Waals surface area contributed by atoms with E-state index in [1.165, 1.54) is 18.5 Å². The maximum absolute atomic E-state index is 13.0. The molecule has 1 saturated heterocycles. The van der Waals surface area contributed by atoms with Crippen LogP contribution in [0, 0.1) is 0 Å². The van der Waals surface area contributed by atoms with E-state index >= 15 is 0 Å². The zero-order valence-electron chi connectivity index (χ0n) is 16.4. The number of Topliss-reactive ketones (excluding diaryl/α,β-unsaturated/α-hetero) is 1. The molecule has 0 unspecified atom stereocenters. The number of anilines is 2. The predicted molar refractivity (Wildman–Crippen MR) is 116 cm³/mol. The fourth-order valence-electron chi connectivity index (χ4n) is 2.98. The van der Waals surface area contributed by atoms with Crippen LogP contribution in [0.2, 0.25) is 10.2 Å². The Hall–Kier alpha value is -2.61. The van der Waals surface area contributed by atoms with Crippen molar-refractivity contribution in [3.63, 3.8) is 0 Å². The Balaban J connectivity index is 1.93. The largest absolute Gasteiger partial charge is 0.462 e. The number of para-hydroxylation sites is 2. The highest BCUT2D eigenvalue weighted by Crippen LogP contribution is 2.27. The van der Waals surface area contributed by atoms with Crippen molar-refractivity contribution < 1.29 is 19.1 Å². The number of morpholine rings is 1. The second kappa shape index (κ2) is 10.4. The molecule has 1 aromatic carbocycles. The molecule has 1 aliphatic rings. The lowest BCUT2D eigenvalue weighted by Gasteiger charge is -2.30. The number of benzene rings is 1. The van der Waals surface area contributed by atoms with Crippen LogP contribution >= 0.6 is 23.2 Å². The van der Waals surface area contributed by atoms with Crippen LogP contribution < -0.4 is 10.2 Å². The van der Waals surface area contributed by atoms with Gasteiger partial charge in [0.05, 0.1) is 41.8 Å². The van der Waals surface area contributed by atoms with Gasteiger partial charge in [0.25, 0.3) is 0 Å². The number of halogens is 2. The van der Waals surface area contributed by atoms with Gasteiger partial charge >= 0.3 is 5.97 Å². The van der Waals surface area contributed by atoms with E-state index in [0.29, 0.717) is 13.2 Å². The highest BCUT2D eigenvalue weighted by atomic mass is 35.5. The number of aromatic nitrogens is 1. The van der Waals surface area contributed by atoms with Crippen molar-refractivity contribution in [2.75, 3.05) is 43.1 Å². The summed E-state index contributed by atoms with van der Waals surface area (Å²) < 4.78 is 10.5. The van der Waals surface area contributed by atoms with E-state index in [-0.39, 0.29) is 27.9 Å². The average molecular weight is 450 g/mol. The van der Waals surface area contributed by atoms with Crippen LogP contribution in [0.1, 0.15) is 17.3 Å². The molecular weight excluding hydrogens is 429 g/mol. The molecule has 1 aromatic heterocycles. The third-order valence-electron chi connectivity index (χ3n) is 4.42. The summed E-state index contributed by atoms with van der Waals surface area (Å²) in [5.74, 6) is -1.40. The summed E-state index contributed by atoms with van der Waals surface area (Å²) in [6.07, 6.45) is 2.65. The van der Waals surface area contributed by atoms with E-state index < -0.39 is 11.8 Å². The Bertz CT molecular complexity index is 959. The lowest BCUT2D eigenvalue weighted by molar-refractivity contribution is -0.138. The number of ether oxygens (including phenoxy) is 2. The first kappa shape index (κ1) is 22.1. The van der Waals surface area contributed by atoms with Gasteiger partial charge in [-0.15, -0.1) is 0 Å². The van der Waals surface area contributed by atoms with Crippen molar-refractivity contribution in [2.45, 2.75) is 6.92 Å². The van der Waals surface area contributed by atoms with Gasteiger partial charge in [-0.05, 0) is 25.1 Å². The van der Waals surface area contributed by atoms with Crippen LogP contribution in [0.15, 0.2) is 48.3 Å². The minimum absolute atomic E-state index is 0.0201. The van der Waals surface area contributed by atoms with E-state index in [2.05, 4.69) is 15.2 Å². The first-order chi connectivity index (χ1) is 14.5. The van der Waals surface area contributed by atoms with Gasteiger partial charge in [0, 0.05) is 25.5 Å². The van der Waals surface area contributed by atoms with Crippen LogP contribution in [0.25, 0.3) is 0 Å². The molecule has 0 atom stereocenters. The maximum Gasteiger partial charge on any atom is 0.343 e. The number of nitrogens with zero attached hydrogens (tertiary/aromatic N) is 2. The summed E-state index contributed by atoms with van der Waals surface area (Å²) in [6.45, 7) is 4.55. The second-order valence-corrected chi connectivity index (χ2v) is 7.15. The number of rotatable bonds is 7. The highest BCUT2D eigenvalue weighted by Gasteiger charge is 2.24. The lowest BCUT2D eigenvalue weighted by atomic mass is 10.1. The smallest absolute Gasteiger partial charge is 0.343 e. The fraction of sp³-hybridized carbons (Fsp3) is 0.286. The molecule has 0 bridgehead atoms. The molecule has 0 radical (unpaired) electrons. The number of pyridine rings is 1. The van der Waals surface area contributed by atoms with Crippen molar-refractivity contribution in [1.29, 1.82) is 0 Å². The molecule has 1 N–H and O–H groups in total. The van der Waals surface area contributed by atoms with Gasteiger partial charge in [-0.1, -0.05) is 35.3 Å². The molecule has 1 aliphatic heterocycles. The molecule has 2 aromatic rings. The van der Waals surface area contributed by atoms with E-state index in [1.54, 1.807) is 6.92 Å². The number of carbonyl (C=O) groups excluding carboxylic acids is 2. The summed E-state index contributed by atoms with van der Waals surface area (Å²) >= 11 is 12.0. The number of nitrogens with one attached hydrogen (secondary N) is 1. The summed E-state index contributed by atoms with van der Waals surface area (Å²) in [6, 6.07) is 8.99. The molecule has 3 rings (SSSR count). The number of hydrogen-bond acceptors (Lipinski definition) is 7. The monoisotopic (exact) mass is 449 g/mol. The van der Waals surface area contributed by atoms with Crippen LogP contribution in [0.5, 0.6) is 0 Å². The fourth-order valence-corrected chi connectivity index (χ4v) is 3.33. The molecule has 0 amide bonds. The molecule has 0 aliphatic carbocycles. The van der Waals surface area contributed by atoms with E-state index in [9.17, 15) is 9.59 Å². The van der Waals surface area contributed by atoms with Crippen molar-refractivity contribution in [2.24, 2.45) is 0 Å². The number of esters is 1. The topological polar surface area (TPSA) is 80.8 Å². The Morgan fingerprint density at radius 1 is 1.27 bits per heavy atom. The van der Waals surface area contributed by atoms with Gasteiger partial charge in [-0.25, -0.2) is 9.78 Å². The van der Waals surface area contributed by atoms with Crippen LogP contribution in [-0.2, 0) is 14.3 Å². The summed E-state index contributed by atoms with van der Waals surface area (Å²) in [7, 11) is 0. The standard InChI is InChI=1S/C21H21Cl2N3O4/c1-2-30-21(28)16(19(27)15-11-14(22)12-25-20(15)23)13-24-17-5-3-4-6-18(17)26-7-9-29-10-8-26/h3-6,11-13,24H,2,7-10H2,1H3. The molecule has 30 heavy (non-hydrogen) atoms. The molecule has 0 spiro atoms. The van der Waals surface area contributed by atoms with Gasteiger partial charge in [0.2, 0.25) is 5.78 Å². The highest BCUT2D eigenvalue weighted by molar-refractivity contribution is 6.37. The maximum atomic E-state index is 13.0. The summed E-state index contributed by atoms with van der Waals surface area (Å²) in [4.78, 5) is 31.6. The predicted octanol–water partition coefficient (Wildman–Crippen LogP) is 3.97. The van der Waals surface area contributed by atoms with E-state index in [0.717, 1.165) is 24.5 Å². The van der Waals surface area contributed by atoms with Gasteiger partial charge in [-0.2, -0.15) is 0 Å². The van der Waals surface area contributed by atoms with Crippen LogP contribution in [-0.4, -0.2) is 49.6 Å². The zero-order chi connectivity index (χ0) is 21.5. The molecule has 9 heteroatoms. The van der Waals surface area contributed by atoms with Crippen LogP contribution in [0.4, 0.5) is 11.4 Å². The third-order valence-corrected chi connectivity index (χ3v) is 4.93. The van der Waals surface area contributed by atoms with Crippen LogP contribution in [0.3, 0.4) is 0 Å². The van der Waals surface area contributed by atoms with Crippen molar-refractivity contribution >= 4 is 46.3 Å². The first-order valence-corrected chi connectivity index (χ1v) is 10.2. The second-order valence-electron chi connectivity index (χ2n) is 6.36. The molecule has 158 valence electrons. The minimum atomic E-state index is -0.769. The van der Waals surface area contributed by atoms with Gasteiger partial charge in [0.1, 0.15) is 10.7 Å². The average Bonchev–Trinajstić information content (AvgIpc) is 2.76. The van der Waals surface area contributed by atoms with Crippen molar-refractivity contribution in [1.82, 2.24) is 4.98 Å². The van der Waals surface area contributed by atoms with Gasteiger partial charge in [-0.3, -0.25) is 4.79 Å². The quantitative estimate of drug-likeness (QED) is 0.171. The van der Waals surface area contributed by atoms with Gasteiger partial charge < -0.3 is 19.7 Å². The number of carbonyl (C=O) groups is 2.